The van der Waals surface area contributed by atoms with E-state index in [0.29, 0.717) is 0 Å². The Hall–Kier alpha value is 0.669. The fourth-order valence-corrected chi connectivity index (χ4v) is 1.15. The molecule has 5 heteroatoms. The summed E-state index contributed by atoms with van der Waals surface area (Å²) in [4.78, 5) is 8.30. The van der Waals surface area contributed by atoms with Crippen LogP contribution in [0.5, 0.6) is 0 Å². The predicted octanol–water partition coefficient (Wildman–Crippen LogP) is 0.292. The zero-order valence-electron chi connectivity index (χ0n) is 3.83. The summed E-state index contributed by atoms with van der Waals surface area (Å²) < 4.78 is 14.4. The quantitative estimate of drug-likeness (QED) is 0.500. The molecule has 0 heterocycles. The Balaban J connectivity index is 3.36. The van der Waals surface area contributed by atoms with Gasteiger partial charge in [0.2, 0.25) is 0 Å². The van der Waals surface area contributed by atoms with E-state index in [4.69, 9.17) is 4.89 Å². The van der Waals surface area contributed by atoms with Crippen molar-refractivity contribution in [1.29, 1.82) is 0 Å². The molecule has 3 nitrogen and oxygen atoms in total. The summed E-state index contributed by atoms with van der Waals surface area (Å²) in [6.45, 7) is 1.92. The molecule has 0 bridgehead atoms. The second-order valence-corrected chi connectivity index (χ2v) is 4.99. The first-order chi connectivity index (χ1) is 3.06. The summed E-state index contributed by atoms with van der Waals surface area (Å²) in [6.07, 6.45) is -3.29. The SMILES string of the molecule is CCOP(=O)(O)[Se-]. The van der Waals surface area contributed by atoms with E-state index in [1.165, 1.54) is 0 Å². The first kappa shape index (κ1) is 7.67. The van der Waals surface area contributed by atoms with Crippen LogP contribution in [0.25, 0.3) is 0 Å². The minimum atomic E-state index is -3.29. The second kappa shape index (κ2) is 2.85. The molecule has 0 radical (unpaired) electrons. The van der Waals surface area contributed by atoms with Crippen molar-refractivity contribution in [2.75, 3.05) is 6.61 Å². The van der Waals surface area contributed by atoms with Crippen LogP contribution >= 0.6 is 6.29 Å². The Morgan fingerprint density at radius 2 is 2.43 bits per heavy atom. The Bertz CT molecular complexity index is 86.9. The van der Waals surface area contributed by atoms with Gasteiger partial charge < -0.3 is 0 Å². The zero-order valence-corrected chi connectivity index (χ0v) is 6.43. The van der Waals surface area contributed by atoms with Crippen LogP contribution in [0.3, 0.4) is 0 Å². The average molecular weight is 188 g/mol. The van der Waals surface area contributed by atoms with Crippen molar-refractivity contribution < 1.29 is 14.0 Å². The van der Waals surface area contributed by atoms with Crippen LogP contribution < -0.4 is 0 Å². The van der Waals surface area contributed by atoms with Crippen LogP contribution in [-0.2, 0) is 9.09 Å². The van der Waals surface area contributed by atoms with Gasteiger partial charge in [-0.05, 0) is 0 Å². The maximum absolute atomic E-state index is 10.1. The van der Waals surface area contributed by atoms with Gasteiger partial charge in [0.15, 0.2) is 0 Å². The standard InChI is InChI=1S/C2H7O3PSe/c1-2-5-6(3,4)7/h2H2,1H3,(H2,3,4,7)/p-1. The van der Waals surface area contributed by atoms with Crippen molar-refractivity contribution >= 4 is 21.9 Å². The molecule has 0 aromatic heterocycles. The van der Waals surface area contributed by atoms with Crippen molar-refractivity contribution in [1.82, 2.24) is 0 Å². The van der Waals surface area contributed by atoms with E-state index >= 15 is 0 Å². The van der Waals surface area contributed by atoms with Crippen LogP contribution in [0.1, 0.15) is 6.92 Å². The summed E-state index contributed by atoms with van der Waals surface area (Å²) in [6, 6.07) is 0. The molecule has 0 saturated carbocycles. The molecule has 44 valence electrons. The molecule has 7 heavy (non-hydrogen) atoms. The summed E-state index contributed by atoms with van der Waals surface area (Å²) in [5.41, 5.74) is 0. The van der Waals surface area contributed by atoms with Gasteiger partial charge in [-0.1, -0.05) is 0 Å². The molecular formula is C2H6O3PSe-. The van der Waals surface area contributed by atoms with Crippen molar-refractivity contribution in [2.24, 2.45) is 0 Å². The van der Waals surface area contributed by atoms with Gasteiger partial charge in [-0.3, -0.25) is 0 Å². The predicted molar refractivity (Wildman–Crippen MR) is 27.2 cm³/mol. The van der Waals surface area contributed by atoms with E-state index in [2.05, 4.69) is 4.52 Å². The van der Waals surface area contributed by atoms with Crippen LogP contribution in [-0.4, -0.2) is 27.1 Å². The fourth-order valence-electron chi connectivity index (χ4n) is 0.163. The Morgan fingerprint density at radius 1 is 2.00 bits per heavy atom. The summed E-state index contributed by atoms with van der Waals surface area (Å²) >= 11 is 2.01. The molecule has 1 unspecified atom stereocenters. The topological polar surface area (TPSA) is 46.5 Å². The first-order valence-corrected chi connectivity index (χ1v) is 5.54. The first-order valence-electron chi connectivity index (χ1n) is 1.74. The Labute approximate surface area is 50.0 Å². The summed E-state index contributed by atoms with van der Waals surface area (Å²) in [5.74, 6) is 0. The Kier molecular flexibility index (Phi) is 3.13. The molecule has 0 aliphatic rings. The monoisotopic (exact) mass is 189 g/mol. The van der Waals surface area contributed by atoms with Gasteiger partial charge in [0, 0.05) is 0 Å². The molecule has 1 atom stereocenters. The molecule has 0 saturated heterocycles. The van der Waals surface area contributed by atoms with Gasteiger partial charge >= 0.3 is 49.4 Å². The van der Waals surface area contributed by atoms with Gasteiger partial charge in [-0.15, -0.1) is 0 Å². The van der Waals surface area contributed by atoms with Crippen molar-refractivity contribution in [3.63, 3.8) is 0 Å². The van der Waals surface area contributed by atoms with Crippen LogP contribution in [0.2, 0.25) is 0 Å². The van der Waals surface area contributed by atoms with E-state index in [9.17, 15) is 4.57 Å². The molecule has 1 N–H and O–H groups in total. The van der Waals surface area contributed by atoms with E-state index in [1.54, 1.807) is 6.92 Å². The molecule has 0 aromatic carbocycles. The molecule has 0 spiro atoms. The number of hydrogen-bond acceptors (Lipinski definition) is 2. The third-order valence-corrected chi connectivity index (χ3v) is 1.54. The zero-order chi connectivity index (χ0) is 5.91. The number of hydrogen-bond donors (Lipinski definition) is 1. The van der Waals surface area contributed by atoms with Gasteiger partial charge in [0.25, 0.3) is 0 Å². The maximum atomic E-state index is 10.1. The van der Waals surface area contributed by atoms with E-state index < -0.39 is 6.29 Å². The fraction of sp³-hybridized carbons (Fsp3) is 1.00. The van der Waals surface area contributed by atoms with Crippen molar-refractivity contribution in [3.05, 3.63) is 0 Å². The molecule has 0 rings (SSSR count). The van der Waals surface area contributed by atoms with Crippen LogP contribution in [0.15, 0.2) is 0 Å². The van der Waals surface area contributed by atoms with E-state index in [0.717, 1.165) is 0 Å². The Morgan fingerprint density at radius 3 is 2.43 bits per heavy atom. The van der Waals surface area contributed by atoms with Gasteiger partial charge in [0.1, 0.15) is 0 Å². The third-order valence-electron chi connectivity index (χ3n) is 0.292. The molecule has 0 aliphatic carbocycles. The van der Waals surface area contributed by atoms with Crippen LogP contribution in [0.4, 0.5) is 0 Å². The molecule has 0 fully saturated rings. The van der Waals surface area contributed by atoms with E-state index in [1.807, 2.05) is 15.6 Å². The number of rotatable bonds is 2. The molecular weight excluding hydrogens is 182 g/mol. The van der Waals surface area contributed by atoms with Crippen molar-refractivity contribution in [3.8, 4) is 0 Å². The van der Waals surface area contributed by atoms with Crippen molar-refractivity contribution in [2.45, 2.75) is 6.92 Å². The average Bonchev–Trinajstić information content (AvgIpc) is 1.30. The second-order valence-electron chi connectivity index (χ2n) is 0.886. The summed E-state index contributed by atoms with van der Waals surface area (Å²) in [5, 5.41) is 0. The minimum absolute atomic E-state index is 0.265. The normalized spacial score (nSPS) is 18.7. The molecule has 0 aliphatic heterocycles. The van der Waals surface area contributed by atoms with Gasteiger partial charge in [-0.25, -0.2) is 0 Å². The molecule has 0 amide bonds. The molecule has 0 aromatic rings. The van der Waals surface area contributed by atoms with Gasteiger partial charge in [0.05, 0.1) is 0 Å². The van der Waals surface area contributed by atoms with Crippen LogP contribution in [0, 0.1) is 0 Å². The van der Waals surface area contributed by atoms with Gasteiger partial charge in [-0.2, -0.15) is 0 Å². The summed E-state index contributed by atoms with van der Waals surface area (Å²) in [7, 11) is 0. The van der Waals surface area contributed by atoms with E-state index in [-0.39, 0.29) is 6.61 Å². The third kappa shape index (κ3) is 6.67.